The van der Waals surface area contributed by atoms with Crippen LogP contribution in [-0.2, 0) is 9.53 Å². The minimum absolute atomic E-state index is 0.183. The Kier molecular flexibility index (Phi) is 5.52. The van der Waals surface area contributed by atoms with Gasteiger partial charge >= 0.3 is 0 Å². The van der Waals surface area contributed by atoms with E-state index in [0.717, 1.165) is 80.2 Å². The number of amides is 1. The number of hydrogen-bond donors (Lipinski definition) is 0. The van der Waals surface area contributed by atoms with Gasteiger partial charge in [0.1, 0.15) is 0 Å². The zero-order valence-electron chi connectivity index (χ0n) is 12.5. The van der Waals surface area contributed by atoms with Crippen molar-refractivity contribution >= 4 is 29.3 Å². The van der Waals surface area contributed by atoms with Crippen molar-refractivity contribution in [1.29, 1.82) is 0 Å². The average Bonchev–Trinajstić information content (AvgIpc) is 3.18. The fourth-order valence-electron chi connectivity index (χ4n) is 3.44. The topological polar surface area (TPSA) is 29.5 Å². The number of ether oxygens (including phenoxy) is 1. The van der Waals surface area contributed by atoms with Crippen molar-refractivity contribution in [2.24, 2.45) is 0 Å². The van der Waals surface area contributed by atoms with Gasteiger partial charge < -0.3 is 9.64 Å². The van der Waals surface area contributed by atoms with Crippen LogP contribution in [0.4, 0.5) is 0 Å². The number of rotatable bonds is 4. The summed E-state index contributed by atoms with van der Waals surface area (Å²) in [5, 5.41) is 0.800. The van der Waals surface area contributed by atoms with Crippen LogP contribution >= 0.6 is 23.4 Å². The van der Waals surface area contributed by atoms with E-state index in [9.17, 15) is 4.79 Å². The number of halogens is 1. The van der Waals surface area contributed by atoms with Gasteiger partial charge in [-0.25, -0.2) is 0 Å². The molecular formula is C16H24ClNO2S. The highest BCUT2D eigenvalue weighted by atomic mass is 35.5. The number of allylic oxidation sites excluding steroid dienone is 1. The summed E-state index contributed by atoms with van der Waals surface area (Å²) in [6.45, 7) is 1.59. The molecule has 3 aliphatic rings. The van der Waals surface area contributed by atoms with Gasteiger partial charge in [-0.2, -0.15) is 11.8 Å². The van der Waals surface area contributed by atoms with E-state index in [1.54, 1.807) is 0 Å². The third-order valence-electron chi connectivity index (χ3n) is 4.69. The van der Waals surface area contributed by atoms with Crippen LogP contribution in [-0.4, -0.2) is 47.6 Å². The maximum Gasteiger partial charge on any atom is 0.251 e. The summed E-state index contributed by atoms with van der Waals surface area (Å²) < 4.78 is 5.76. The van der Waals surface area contributed by atoms with Gasteiger partial charge in [0.15, 0.2) is 0 Å². The van der Waals surface area contributed by atoms with Gasteiger partial charge in [0.25, 0.3) is 5.91 Å². The Morgan fingerprint density at radius 3 is 2.81 bits per heavy atom. The first-order chi connectivity index (χ1) is 10.3. The molecule has 3 nitrogen and oxygen atoms in total. The zero-order valence-corrected chi connectivity index (χ0v) is 14.1. The molecule has 2 aliphatic heterocycles. The number of carbonyl (C=O) groups excluding carboxylic acids is 1. The van der Waals surface area contributed by atoms with E-state index in [4.69, 9.17) is 16.3 Å². The molecule has 0 aromatic heterocycles. The summed E-state index contributed by atoms with van der Waals surface area (Å²) >= 11 is 8.29. The van der Waals surface area contributed by atoms with Crippen molar-refractivity contribution in [3.63, 3.8) is 0 Å². The molecule has 0 N–H and O–H groups in total. The van der Waals surface area contributed by atoms with Crippen LogP contribution < -0.4 is 0 Å². The second-order valence-electron chi connectivity index (χ2n) is 6.20. The molecule has 0 saturated carbocycles. The lowest BCUT2D eigenvalue weighted by Crippen LogP contribution is -2.45. The van der Waals surface area contributed by atoms with Crippen molar-refractivity contribution in [2.75, 3.05) is 24.7 Å². The van der Waals surface area contributed by atoms with Crippen LogP contribution in [0.2, 0.25) is 0 Å². The minimum Gasteiger partial charge on any atom is -0.376 e. The molecule has 0 bridgehead atoms. The van der Waals surface area contributed by atoms with Gasteiger partial charge in [0, 0.05) is 35.6 Å². The van der Waals surface area contributed by atoms with Crippen molar-refractivity contribution in [2.45, 2.75) is 57.1 Å². The van der Waals surface area contributed by atoms with Crippen LogP contribution in [0.1, 0.15) is 44.9 Å². The Morgan fingerprint density at radius 2 is 2.14 bits per heavy atom. The van der Waals surface area contributed by atoms with E-state index >= 15 is 0 Å². The van der Waals surface area contributed by atoms with Gasteiger partial charge in [-0.05, 0) is 50.7 Å². The van der Waals surface area contributed by atoms with Gasteiger partial charge in [0.05, 0.1) is 6.10 Å². The molecule has 0 radical (unpaired) electrons. The molecule has 0 aromatic carbocycles. The van der Waals surface area contributed by atoms with Crippen molar-refractivity contribution in [1.82, 2.24) is 4.90 Å². The molecule has 118 valence electrons. The highest BCUT2D eigenvalue weighted by molar-refractivity contribution is 7.99. The second-order valence-corrected chi connectivity index (χ2v) is 7.81. The molecule has 5 heteroatoms. The highest BCUT2D eigenvalue weighted by Crippen LogP contribution is 2.32. The molecule has 2 saturated heterocycles. The number of nitrogens with zero attached hydrogens (tertiary/aromatic N) is 1. The summed E-state index contributed by atoms with van der Waals surface area (Å²) in [6, 6.07) is 0.366. The Hall–Kier alpha value is -0.190. The van der Waals surface area contributed by atoms with Crippen LogP contribution in [0, 0.1) is 0 Å². The van der Waals surface area contributed by atoms with Crippen LogP contribution in [0.3, 0.4) is 0 Å². The summed E-state index contributed by atoms with van der Waals surface area (Å²) in [5.41, 5.74) is 0.873. The number of hydrogen-bond acceptors (Lipinski definition) is 3. The molecule has 2 atom stereocenters. The van der Waals surface area contributed by atoms with Gasteiger partial charge in [-0.15, -0.1) is 0 Å². The van der Waals surface area contributed by atoms with E-state index in [-0.39, 0.29) is 12.0 Å². The largest absolute Gasteiger partial charge is 0.376 e. The van der Waals surface area contributed by atoms with Gasteiger partial charge in [0.2, 0.25) is 0 Å². The van der Waals surface area contributed by atoms with E-state index in [2.05, 4.69) is 4.90 Å². The van der Waals surface area contributed by atoms with E-state index in [0.29, 0.717) is 6.04 Å². The number of thioether (sulfide) groups is 1. The standard InChI is InChI=1S/C16H24ClNO2S/c17-15-6-2-1-5-14(15)16(19)18(12-7-9-21-11-12)10-13-4-3-8-20-13/h12-13H,1-11H2/t12-,13-/m0/s1. The van der Waals surface area contributed by atoms with Crippen LogP contribution in [0.15, 0.2) is 10.6 Å². The molecule has 21 heavy (non-hydrogen) atoms. The molecule has 1 amide bonds. The lowest BCUT2D eigenvalue weighted by atomic mass is 9.97. The Bertz CT molecular complexity index is 415. The summed E-state index contributed by atoms with van der Waals surface area (Å²) in [5.74, 6) is 2.40. The Morgan fingerprint density at radius 1 is 1.29 bits per heavy atom. The SMILES string of the molecule is O=C(C1=C(Cl)CCCC1)N(C[C@@H]1CCCO1)[C@H]1CCSC1. The summed E-state index contributed by atoms with van der Waals surface area (Å²) in [4.78, 5) is 15.1. The number of carbonyl (C=O) groups is 1. The van der Waals surface area contributed by atoms with E-state index in [1.807, 2.05) is 11.8 Å². The third-order valence-corrected chi connectivity index (χ3v) is 6.25. The summed E-state index contributed by atoms with van der Waals surface area (Å²) in [7, 11) is 0. The predicted molar refractivity (Wildman–Crippen MR) is 87.8 cm³/mol. The lowest BCUT2D eigenvalue weighted by Gasteiger charge is -2.32. The lowest BCUT2D eigenvalue weighted by molar-refractivity contribution is -0.131. The fraction of sp³-hybridized carbons (Fsp3) is 0.812. The highest BCUT2D eigenvalue weighted by Gasteiger charge is 2.33. The molecule has 2 heterocycles. The van der Waals surface area contributed by atoms with E-state index < -0.39 is 0 Å². The van der Waals surface area contributed by atoms with Crippen molar-refractivity contribution < 1.29 is 9.53 Å². The minimum atomic E-state index is 0.183. The first-order valence-electron chi connectivity index (χ1n) is 8.13. The van der Waals surface area contributed by atoms with Crippen molar-refractivity contribution in [3.05, 3.63) is 10.6 Å². The molecule has 0 unspecified atom stereocenters. The maximum absolute atomic E-state index is 13.0. The fourth-order valence-corrected chi connectivity index (χ4v) is 4.97. The molecule has 0 aromatic rings. The van der Waals surface area contributed by atoms with Gasteiger partial charge in [-0.3, -0.25) is 4.79 Å². The average molecular weight is 330 g/mol. The molecule has 1 aliphatic carbocycles. The predicted octanol–water partition coefficient (Wildman–Crippen LogP) is 3.57. The second kappa shape index (κ2) is 7.38. The molecule has 0 spiro atoms. The monoisotopic (exact) mass is 329 g/mol. The first kappa shape index (κ1) is 15.7. The van der Waals surface area contributed by atoms with Crippen LogP contribution in [0.5, 0.6) is 0 Å². The van der Waals surface area contributed by atoms with Crippen molar-refractivity contribution in [3.8, 4) is 0 Å². The van der Waals surface area contributed by atoms with E-state index in [1.165, 1.54) is 0 Å². The quantitative estimate of drug-likeness (QED) is 0.789. The summed E-state index contributed by atoms with van der Waals surface area (Å²) in [6.07, 6.45) is 7.45. The maximum atomic E-state index is 13.0. The molecule has 2 fully saturated rings. The van der Waals surface area contributed by atoms with Crippen LogP contribution in [0.25, 0.3) is 0 Å². The normalized spacial score (nSPS) is 30.0. The smallest absolute Gasteiger partial charge is 0.251 e. The first-order valence-corrected chi connectivity index (χ1v) is 9.67. The Balaban J connectivity index is 1.74. The molecule has 3 rings (SSSR count). The van der Waals surface area contributed by atoms with Gasteiger partial charge in [-0.1, -0.05) is 11.6 Å². The third kappa shape index (κ3) is 3.77. The zero-order chi connectivity index (χ0) is 14.7. The Labute approximate surface area is 136 Å². The molecular weight excluding hydrogens is 306 g/mol.